The number of amides is 3. The van der Waals surface area contributed by atoms with Gasteiger partial charge in [0.2, 0.25) is 0 Å². The van der Waals surface area contributed by atoms with Gasteiger partial charge >= 0.3 is 6.03 Å². The summed E-state index contributed by atoms with van der Waals surface area (Å²) in [6.07, 6.45) is 3.51. The van der Waals surface area contributed by atoms with Crippen LogP contribution < -0.4 is 10.6 Å². The Morgan fingerprint density at radius 3 is 2.72 bits per heavy atom. The largest absolute Gasteiger partial charge is 0.376 e. The van der Waals surface area contributed by atoms with Crippen LogP contribution in [-0.2, 0) is 14.3 Å². The number of halogens is 1. The molecule has 3 amide bonds. The lowest BCUT2D eigenvalue weighted by molar-refractivity contribution is -0.172. The van der Waals surface area contributed by atoms with E-state index in [0.717, 1.165) is 25.7 Å². The molecule has 2 saturated heterocycles. The first-order valence-electron chi connectivity index (χ1n) is 11.8. The number of urea groups is 1. The second-order valence-electron chi connectivity index (χ2n) is 9.14. The molecule has 8 heteroatoms. The second-order valence-corrected chi connectivity index (χ2v) is 9.14. The number of nitrogens with zero attached hydrogens (tertiary/aromatic N) is 1. The molecule has 0 bridgehead atoms. The fourth-order valence-electron chi connectivity index (χ4n) is 5.40. The van der Waals surface area contributed by atoms with Crippen molar-refractivity contribution in [2.75, 3.05) is 26.3 Å². The fraction of sp³-hybridized carbons (Fsp3) is 0.667. The van der Waals surface area contributed by atoms with Gasteiger partial charge < -0.3 is 25.0 Å². The zero-order valence-corrected chi connectivity index (χ0v) is 18.7. The average molecular weight is 448 g/mol. The zero-order valence-electron chi connectivity index (χ0n) is 18.7. The van der Waals surface area contributed by atoms with Crippen LogP contribution in [0.2, 0.25) is 0 Å². The van der Waals surface area contributed by atoms with Crippen molar-refractivity contribution in [3.05, 3.63) is 35.9 Å². The lowest BCUT2D eigenvalue weighted by Crippen LogP contribution is -2.73. The van der Waals surface area contributed by atoms with E-state index in [1.54, 1.807) is 4.90 Å². The molecule has 4 rings (SSSR count). The maximum Gasteiger partial charge on any atom is 0.317 e. The number of likely N-dealkylation sites (tertiary alicyclic amines) is 1. The topological polar surface area (TPSA) is 79.9 Å². The molecule has 176 valence electrons. The number of hydrogen-bond acceptors (Lipinski definition) is 4. The average Bonchev–Trinajstić information content (AvgIpc) is 2.82. The number of hydrogen-bond donors (Lipinski definition) is 2. The van der Waals surface area contributed by atoms with Crippen LogP contribution in [0.1, 0.15) is 56.9 Å². The van der Waals surface area contributed by atoms with Gasteiger partial charge in [-0.2, -0.15) is 0 Å². The molecule has 0 aromatic heterocycles. The molecule has 1 saturated carbocycles. The first-order valence-corrected chi connectivity index (χ1v) is 11.8. The number of piperidine rings is 1. The summed E-state index contributed by atoms with van der Waals surface area (Å²) >= 11 is 0. The van der Waals surface area contributed by atoms with E-state index in [1.807, 2.05) is 13.0 Å². The van der Waals surface area contributed by atoms with E-state index >= 15 is 0 Å². The molecule has 2 N–H and O–H groups in total. The SMILES string of the molecule is CCNC(=O)N1CCC[C@@]2(COC(F)C(=O)N2)[C@@H]1CO[C@H]1CC[C@@H](c2ccccc2)CC1. The first kappa shape index (κ1) is 23.0. The smallest absolute Gasteiger partial charge is 0.317 e. The Balaban J connectivity index is 1.42. The fourth-order valence-corrected chi connectivity index (χ4v) is 5.40. The van der Waals surface area contributed by atoms with E-state index in [4.69, 9.17) is 9.47 Å². The molecule has 32 heavy (non-hydrogen) atoms. The summed E-state index contributed by atoms with van der Waals surface area (Å²) in [6.45, 7) is 3.27. The summed E-state index contributed by atoms with van der Waals surface area (Å²) in [5, 5.41) is 5.69. The van der Waals surface area contributed by atoms with E-state index in [0.29, 0.717) is 38.5 Å². The molecule has 1 aromatic carbocycles. The van der Waals surface area contributed by atoms with Crippen molar-refractivity contribution in [2.24, 2.45) is 0 Å². The van der Waals surface area contributed by atoms with Crippen molar-refractivity contribution >= 4 is 11.9 Å². The van der Waals surface area contributed by atoms with Gasteiger partial charge in [0, 0.05) is 13.1 Å². The van der Waals surface area contributed by atoms with Gasteiger partial charge in [-0.05, 0) is 56.9 Å². The lowest BCUT2D eigenvalue weighted by Gasteiger charge is -2.51. The van der Waals surface area contributed by atoms with Crippen molar-refractivity contribution in [3.8, 4) is 0 Å². The number of alkyl halides is 1. The first-order chi connectivity index (χ1) is 15.5. The van der Waals surface area contributed by atoms with Gasteiger partial charge in [-0.1, -0.05) is 30.3 Å². The third kappa shape index (κ3) is 4.91. The van der Waals surface area contributed by atoms with Gasteiger partial charge in [-0.3, -0.25) is 4.79 Å². The minimum Gasteiger partial charge on any atom is -0.376 e. The molecule has 1 unspecified atom stereocenters. The zero-order chi connectivity index (χ0) is 22.6. The highest BCUT2D eigenvalue weighted by Gasteiger charge is 2.51. The molecule has 2 heterocycles. The number of nitrogens with one attached hydrogen (secondary N) is 2. The maximum atomic E-state index is 13.7. The van der Waals surface area contributed by atoms with Crippen molar-refractivity contribution < 1.29 is 23.5 Å². The Labute approximate surface area is 189 Å². The van der Waals surface area contributed by atoms with Crippen LogP contribution in [0.5, 0.6) is 0 Å². The van der Waals surface area contributed by atoms with Gasteiger partial charge in [0.15, 0.2) is 0 Å². The third-order valence-corrected chi connectivity index (χ3v) is 7.13. The number of carbonyl (C=O) groups excluding carboxylic acids is 2. The Hall–Kier alpha value is -2.19. The molecule has 0 radical (unpaired) electrons. The van der Waals surface area contributed by atoms with Crippen LogP contribution in [0, 0.1) is 0 Å². The number of benzene rings is 1. The predicted molar refractivity (Wildman–Crippen MR) is 118 cm³/mol. The molecule has 7 nitrogen and oxygen atoms in total. The Morgan fingerprint density at radius 1 is 1.28 bits per heavy atom. The highest BCUT2D eigenvalue weighted by molar-refractivity contribution is 5.81. The predicted octanol–water partition coefficient (Wildman–Crippen LogP) is 3.10. The van der Waals surface area contributed by atoms with Gasteiger partial charge in [0.1, 0.15) is 0 Å². The van der Waals surface area contributed by atoms with Crippen molar-refractivity contribution in [2.45, 2.75) is 75.4 Å². The second kappa shape index (κ2) is 10.2. The third-order valence-electron chi connectivity index (χ3n) is 7.13. The van der Waals surface area contributed by atoms with Gasteiger partial charge in [0.05, 0.1) is 30.9 Å². The van der Waals surface area contributed by atoms with E-state index < -0.39 is 23.8 Å². The van der Waals surface area contributed by atoms with Crippen molar-refractivity contribution in [1.82, 2.24) is 15.5 Å². The maximum absolute atomic E-state index is 13.7. The van der Waals surface area contributed by atoms with Crippen LogP contribution in [0.15, 0.2) is 30.3 Å². The highest BCUT2D eigenvalue weighted by Crippen LogP contribution is 2.36. The van der Waals surface area contributed by atoms with E-state index in [9.17, 15) is 14.0 Å². The minimum absolute atomic E-state index is 0.0323. The van der Waals surface area contributed by atoms with Crippen molar-refractivity contribution in [1.29, 1.82) is 0 Å². The van der Waals surface area contributed by atoms with E-state index in [-0.39, 0.29) is 18.7 Å². The molecule has 1 spiro atoms. The quantitative estimate of drug-likeness (QED) is 0.727. The van der Waals surface area contributed by atoms with Gasteiger partial charge in [-0.15, -0.1) is 0 Å². The number of morpholine rings is 1. The summed E-state index contributed by atoms with van der Waals surface area (Å²) in [5.41, 5.74) is 0.548. The summed E-state index contributed by atoms with van der Waals surface area (Å²) < 4.78 is 25.2. The summed E-state index contributed by atoms with van der Waals surface area (Å²) in [6, 6.07) is 9.98. The summed E-state index contributed by atoms with van der Waals surface area (Å²) in [4.78, 5) is 26.6. The number of rotatable bonds is 5. The van der Waals surface area contributed by atoms with Crippen LogP contribution in [-0.4, -0.2) is 67.2 Å². The van der Waals surface area contributed by atoms with Crippen LogP contribution in [0.3, 0.4) is 0 Å². The Kier molecular flexibility index (Phi) is 7.30. The normalized spacial score (nSPS) is 33.1. The molecule has 1 aliphatic carbocycles. The Morgan fingerprint density at radius 2 is 2.03 bits per heavy atom. The van der Waals surface area contributed by atoms with Crippen LogP contribution >= 0.6 is 0 Å². The molecular weight excluding hydrogens is 413 g/mol. The molecule has 3 fully saturated rings. The van der Waals surface area contributed by atoms with Crippen molar-refractivity contribution in [3.63, 3.8) is 0 Å². The van der Waals surface area contributed by atoms with Gasteiger partial charge in [0.25, 0.3) is 12.3 Å². The summed E-state index contributed by atoms with van der Waals surface area (Å²) in [5.74, 6) is -0.223. The number of carbonyl (C=O) groups is 2. The standard InChI is InChI=1S/C24H34FN3O4/c1-2-26-23(30)28-14-6-13-24(16-32-21(25)22(29)27-24)20(28)15-31-19-11-9-18(10-12-19)17-7-4-3-5-8-17/h3-5,7-8,18-21H,2,6,9-16H2,1H3,(H,26,30)(H,27,29)/t18-,19+,20-,21?,24+/m0/s1. The molecule has 2 aliphatic heterocycles. The van der Waals surface area contributed by atoms with E-state index in [1.165, 1.54) is 5.56 Å². The van der Waals surface area contributed by atoms with Gasteiger partial charge in [-0.25, -0.2) is 9.18 Å². The van der Waals surface area contributed by atoms with E-state index in [2.05, 4.69) is 34.9 Å². The van der Waals surface area contributed by atoms with Crippen LogP contribution in [0.25, 0.3) is 0 Å². The molecular formula is C24H34FN3O4. The summed E-state index contributed by atoms with van der Waals surface area (Å²) in [7, 11) is 0. The number of ether oxygens (including phenoxy) is 2. The monoisotopic (exact) mass is 447 g/mol. The lowest BCUT2D eigenvalue weighted by atomic mass is 9.80. The Bertz CT molecular complexity index is 787. The minimum atomic E-state index is -1.96. The molecule has 3 aliphatic rings. The van der Waals surface area contributed by atoms with Crippen LogP contribution in [0.4, 0.5) is 9.18 Å². The molecule has 1 aromatic rings. The molecule has 3 atom stereocenters. The highest BCUT2D eigenvalue weighted by atomic mass is 19.1.